The predicted molar refractivity (Wildman–Crippen MR) is 97.5 cm³/mol. The Morgan fingerprint density at radius 3 is 1.67 bits per heavy atom. The third-order valence-electron chi connectivity index (χ3n) is 3.89. The van der Waals surface area contributed by atoms with Crippen molar-refractivity contribution in [3.05, 3.63) is 0 Å². The molecule has 0 bridgehead atoms. The summed E-state index contributed by atoms with van der Waals surface area (Å²) in [4.78, 5) is 0. The summed E-state index contributed by atoms with van der Waals surface area (Å²) >= 11 is 0. The zero-order valence-corrected chi connectivity index (χ0v) is 16.0. The molecule has 1 atom stereocenters. The van der Waals surface area contributed by atoms with Crippen molar-refractivity contribution in [2.45, 2.75) is 58.8 Å². The van der Waals surface area contributed by atoms with Crippen LogP contribution in [-0.4, -0.2) is 64.6 Å². The van der Waals surface area contributed by atoms with Gasteiger partial charge in [0.15, 0.2) is 0 Å². The molecule has 0 aromatic carbocycles. The minimum absolute atomic E-state index is 0.0567. The minimum atomic E-state index is 0.0567. The van der Waals surface area contributed by atoms with E-state index in [1.54, 1.807) is 0 Å². The molecule has 0 saturated carbocycles. The number of aliphatic hydroxyl groups excluding tert-OH is 1. The maximum absolute atomic E-state index is 8.52. The molecule has 146 valence electrons. The Hall–Kier alpha value is -0.200. The molecule has 0 spiro atoms. The lowest BCUT2D eigenvalue weighted by Gasteiger charge is -2.10. The predicted octanol–water partition coefficient (Wildman–Crippen LogP) is 3.43. The van der Waals surface area contributed by atoms with Gasteiger partial charge in [0.1, 0.15) is 0 Å². The lowest BCUT2D eigenvalue weighted by molar-refractivity contribution is -0.00578. The second kappa shape index (κ2) is 20.8. The molecule has 0 aromatic heterocycles. The Morgan fingerprint density at radius 1 is 0.625 bits per heavy atom. The highest BCUT2D eigenvalue weighted by Gasteiger charge is 2.01. The minimum Gasteiger partial charge on any atom is -0.394 e. The second-order valence-electron chi connectivity index (χ2n) is 6.27. The molecule has 24 heavy (non-hydrogen) atoms. The fourth-order valence-corrected chi connectivity index (χ4v) is 2.40. The SMILES string of the molecule is CCCCC(C)CCCCCOCCOCCOCCOCCO. The van der Waals surface area contributed by atoms with E-state index in [1.807, 2.05) is 0 Å². The molecule has 1 N–H and O–H groups in total. The average molecular weight is 349 g/mol. The first kappa shape index (κ1) is 23.8. The standard InChI is InChI=1S/C19H40O5/c1-3-4-8-19(2)9-6-5-7-11-21-13-15-23-17-18-24-16-14-22-12-10-20/h19-20H,3-18H2,1-2H3. The molecule has 0 fully saturated rings. The van der Waals surface area contributed by atoms with Crippen LogP contribution in [0.25, 0.3) is 0 Å². The van der Waals surface area contributed by atoms with Crippen LogP contribution < -0.4 is 0 Å². The molecule has 0 saturated heterocycles. The number of aliphatic hydroxyl groups is 1. The topological polar surface area (TPSA) is 57.2 Å². The molecular weight excluding hydrogens is 308 g/mol. The lowest BCUT2D eigenvalue weighted by Crippen LogP contribution is -2.12. The number of ether oxygens (including phenoxy) is 4. The molecular formula is C19H40O5. The molecule has 0 aliphatic rings. The van der Waals surface area contributed by atoms with Crippen molar-refractivity contribution in [2.75, 3.05) is 59.5 Å². The molecule has 0 aliphatic carbocycles. The van der Waals surface area contributed by atoms with Gasteiger partial charge in [-0.1, -0.05) is 52.4 Å². The smallest absolute Gasteiger partial charge is 0.0701 e. The largest absolute Gasteiger partial charge is 0.394 e. The highest BCUT2D eigenvalue weighted by molar-refractivity contribution is 4.54. The molecule has 1 unspecified atom stereocenters. The van der Waals surface area contributed by atoms with Gasteiger partial charge in [-0.15, -0.1) is 0 Å². The first-order valence-electron chi connectivity index (χ1n) is 9.73. The van der Waals surface area contributed by atoms with Gasteiger partial charge in [-0.3, -0.25) is 0 Å². The van der Waals surface area contributed by atoms with E-state index in [2.05, 4.69) is 13.8 Å². The number of rotatable bonds is 20. The van der Waals surface area contributed by atoms with Crippen LogP contribution in [0.1, 0.15) is 58.8 Å². The van der Waals surface area contributed by atoms with Gasteiger partial charge in [-0.05, 0) is 12.3 Å². The van der Waals surface area contributed by atoms with Gasteiger partial charge in [0.05, 0.1) is 52.9 Å². The van der Waals surface area contributed by atoms with Crippen LogP contribution in [0.3, 0.4) is 0 Å². The summed E-state index contributed by atoms with van der Waals surface area (Å²) in [5, 5.41) is 8.52. The van der Waals surface area contributed by atoms with Crippen molar-refractivity contribution in [3.63, 3.8) is 0 Å². The summed E-state index contributed by atoms with van der Waals surface area (Å²) < 4.78 is 21.4. The molecule has 5 heteroatoms. The third-order valence-corrected chi connectivity index (χ3v) is 3.89. The quantitative estimate of drug-likeness (QED) is 0.342. The monoisotopic (exact) mass is 348 g/mol. The van der Waals surface area contributed by atoms with Gasteiger partial charge in [0, 0.05) is 6.61 Å². The van der Waals surface area contributed by atoms with Gasteiger partial charge < -0.3 is 24.1 Å². The Labute approximate surface area is 149 Å². The maximum atomic E-state index is 8.52. The van der Waals surface area contributed by atoms with E-state index in [0.717, 1.165) is 18.9 Å². The highest BCUT2D eigenvalue weighted by Crippen LogP contribution is 2.15. The van der Waals surface area contributed by atoms with Crippen LogP contribution in [0.2, 0.25) is 0 Å². The van der Waals surface area contributed by atoms with Crippen LogP contribution in [0, 0.1) is 5.92 Å². The molecule has 0 rings (SSSR count). The number of hydrogen-bond donors (Lipinski definition) is 1. The van der Waals surface area contributed by atoms with Crippen LogP contribution in [0.15, 0.2) is 0 Å². The highest BCUT2D eigenvalue weighted by atomic mass is 16.6. The van der Waals surface area contributed by atoms with E-state index < -0.39 is 0 Å². The fraction of sp³-hybridized carbons (Fsp3) is 1.00. The van der Waals surface area contributed by atoms with Gasteiger partial charge in [-0.2, -0.15) is 0 Å². The van der Waals surface area contributed by atoms with E-state index in [4.69, 9.17) is 24.1 Å². The summed E-state index contributed by atoms with van der Waals surface area (Å²) in [6.45, 7) is 9.38. The van der Waals surface area contributed by atoms with E-state index in [9.17, 15) is 0 Å². The van der Waals surface area contributed by atoms with Gasteiger partial charge in [0.2, 0.25) is 0 Å². The molecule has 5 nitrogen and oxygen atoms in total. The Bertz CT molecular complexity index is 226. The molecule has 0 amide bonds. The zero-order valence-electron chi connectivity index (χ0n) is 16.0. The van der Waals surface area contributed by atoms with E-state index in [1.165, 1.54) is 38.5 Å². The lowest BCUT2D eigenvalue weighted by atomic mass is 9.98. The van der Waals surface area contributed by atoms with E-state index >= 15 is 0 Å². The van der Waals surface area contributed by atoms with E-state index in [0.29, 0.717) is 46.2 Å². The Morgan fingerprint density at radius 2 is 1.12 bits per heavy atom. The van der Waals surface area contributed by atoms with Crippen LogP contribution >= 0.6 is 0 Å². The van der Waals surface area contributed by atoms with Gasteiger partial charge in [-0.25, -0.2) is 0 Å². The molecule has 0 radical (unpaired) electrons. The van der Waals surface area contributed by atoms with Gasteiger partial charge in [0.25, 0.3) is 0 Å². The summed E-state index contributed by atoms with van der Waals surface area (Å²) in [5.74, 6) is 0.878. The van der Waals surface area contributed by atoms with Crippen molar-refractivity contribution >= 4 is 0 Å². The first-order chi connectivity index (χ1) is 11.8. The number of hydrogen-bond acceptors (Lipinski definition) is 5. The van der Waals surface area contributed by atoms with Crippen molar-refractivity contribution in [2.24, 2.45) is 5.92 Å². The average Bonchev–Trinajstić information content (AvgIpc) is 2.59. The zero-order chi connectivity index (χ0) is 17.7. The summed E-state index contributed by atoms with van der Waals surface area (Å²) in [6.07, 6.45) is 9.15. The number of unbranched alkanes of at least 4 members (excludes halogenated alkanes) is 3. The van der Waals surface area contributed by atoms with Crippen molar-refractivity contribution < 1.29 is 24.1 Å². The maximum Gasteiger partial charge on any atom is 0.0701 e. The summed E-state index contributed by atoms with van der Waals surface area (Å²) in [5.41, 5.74) is 0. The van der Waals surface area contributed by atoms with Crippen LogP contribution in [-0.2, 0) is 18.9 Å². The van der Waals surface area contributed by atoms with Gasteiger partial charge >= 0.3 is 0 Å². The first-order valence-corrected chi connectivity index (χ1v) is 9.73. The Balaban J connectivity index is 3.02. The second-order valence-corrected chi connectivity index (χ2v) is 6.27. The van der Waals surface area contributed by atoms with Crippen molar-refractivity contribution in [1.29, 1.82) is 0 Å². The molecule has 0 aliphatic heterocycles. The van der Waals surface area contributed by atoms with Crippen molar-refractivity contribution in [1.82, 2.24) is 0 Å². The summed E-state index contributed by atoms with van der Waals surface area (Å²) in [7, 11) is 0. The third kappa shape index (κ3) is 19.8. The fourth-order valence-electron chi connectivity index (χ4n) is 2.40. The summed E-state index contributed by atoms with van der Waals surface area (Å²) in [6, 6.07) is 0. The van der Waals surface area contributed by atoms with Crippen molar-refractivity contribution in [3.8, 4) is 0 Å². The van der Waals surface area contributed by atoms with Crippen LogP contribution in [0.4, 0.5) is 0 Å². The molecule has 0 aromatic rings. The van der Waals surface area contributed by atoms with Crippen LogP contribution in [0.5, 0.6) is 0 Å². The normalized spacial score (nSPS) is 12.6. The van der Waals surface area contributed by atoms with E-state index in [-0.39, 0.29) is 6.61 Å². The molecule has 0 heterocycles. The Kier molecular flexibility index (Phi) is 20.7.